The Bertz CT molecular complexity index is 145. The van der Waals surface area contributed by atoms with Crippen molar-refractivity contribution in [1.29, 1.82) is 0 Å². The molecular formula is C11H23NO. The first-order chi connectivity index (χ1) is 6.17. The second-order valence-electron chi connectivity index (χ2n) is 4.43. The highest BCUT2D eigenvalue weighted by molar-refractivity contribution is 4.83. The average molecular weight is 185 g/mol. The predicted molar refractivity (Wildman–Crippen MR) is 55.2 cm³/mol. The van der Waals surface area contributed by atoms with Crippen LogP contribution in [0.2, 0.25) is 0 Å². The van der Waals surface area contributed by atoms with E-state index >= 15 is 0 Å². The first-order valence-corrected chi connectivity index (χ1v) is 5.68. The zero-order valence-electron chi connectivity index (χ0n) is 8.76. The molecule has 0 saturated heterocycles. The van der Waals surface area contributed by atoms with Gasteiger partial charge in [0.05, 0.1) is 0 Å². The van der Waals surface area contributed by atoms with Gasteiger partial charge in [0.1, 0.15) is 5.72 Å². The smallest absolute Gasteiger partial charge is 0.116 e. The van der Waals surface area contributed by atoms with Gasteiger partial charge in [-0.3, -0.25) is 0 Å². The van der Waals surface area contributed by atoms with Gasteiger partial charge in [0.2, 0.25) is 0 Å². The van der Waals surface area contributed by atoms with Crippen LogP contribution < -0.4 is 5.73 Å². The summed E-state index contributed by atoms with van der Waals surface area (Å²) in [4.78, 5) is 0. The summed E-state index contributed by atoms with van der Waals surface area (Å²) < 4.78 is 0. The molecule has 0 aromatic heterocycles. The van der Waals surface area contributed by atoms with E-state index < -0.39 is 5.72 Å². The Labute approximate surface area is 81.5 Å². The molecule has 0 aliphatic heterocycles. The minimum Gasteiger partial charge on any atom is -0.376 e. The van der Waals surface area contributed by atoms with Crippen LogP contribution in [-0.2, 0) is 0 Å². The molecule has 1 rings (SSSR count). The summed E-state index contributed by atoms with van der Waals surface area (Å²) in [7, 11) is 0. The molecule has 3 N–H and O–H groups in total. The standard InChI is InChI=1S/C11H23NO/c1-2-3-7-10-8-5-4-6-9-11(10,12)13/h10,13H,2-9,12H2,1H3. The zero-order valence-corrected chi connectivity index (χ0v) is 8.76. The van der Waals surface area contributed by atoms with E-state index in [2.05, 4.69) is 6.92 Å². The van der Waals surface area contributed by atoms with Crippen molar-refractivity contribution >= 4 is 0 Å². The third-order valence-electron chi connectivity index (χ3n) is 3.24. The Balaban J connectivity index is 2.45. The summed E-state index contributed by atoms with van der Waals surface area (Å²) in [6.45, 7) is 2.19. The van der Waals surface area contributed by atoms with E-state index in [1.807, 2.05) is 0 Å². The topological polar surface area (TPSA) is 46.2 Å². The Kier molecular flexibility index (Phi) is 4.20. The van der Waals surface area contributed by atoms with Gasteiger partial charge in [-0.15, -0.1) is 0 Å². The van der Waals surface area contributed by atoms with Gasteiger partial charge in [-0.05, 0) is 25.7 Å². The van der Waals surface area contributed by atoms with Crippen LogP contribution in [0.4, 0.5) is 0 Å². The van der Waals surface area contributed by atoms with Crippen molar-refractivity contribution in [3.05, 3.63) is 0 Å². The largest absolute Gasteiger partial charge is 0.376 e. The number of nitrogens with two attached hydrogens (primary N) is 1. The molecule has 1 aliphatic rings. The van der Waals surface area contributed by atoms with Gasteiger partial charge in [0.25, 0.3) is 0 Å². The van der Waals surface area contributed by atoms with Crippen molar-refractivity contribution in [2.24, 2.45) is 11.7 Å². The van der Waals surface area contributed by atoms with Crippen molar-refractivity contribution < 1.29 is 5.11 Å². The molecule has 78 valence electrons. The maximum Gasteiger partial charge on any atom is 0.116 e. The molecule has 2 unspecified atom stereocenters. The lowest BCUT2D eigenvalue weighted by Crippen LogP contribution is -2.46. The number of hydrogen-bond acceptors (Lipinski definition) is 2. The fourth-order valence-corrected chi connectivity index (χ4v) is 2.27. The molecule has 0 aromatic carbocycles. The highest BCUT2D eigenvalue weighted by atomic mass is 16.3. The summed E-state index contributed by atoms with van der Waals surface area (Å²) in [5.74, 6) is 0.343. The third-order valence-corrected chi connectivity index (χ3v) is 3.24. The van der Waals surface area contributed by atoms with Gasteiger partial charge in [0.15, 0.2) is 0 Å². The van der Waals surface area contributed by atoms with Gasteiger partial charge in [-0.25, -0.2) is 0 Å². The molecule has 1 saturated carbocycles. The molecule has 0 aromatic rings. The highest BCUT2D eigenvalue weighted by Crippen LogP contribution is 2.32. The van der Waals surface area contributed by atoms with Crippen LogP contribution in [0.15, 0.2) is 0 Å². The van der Waals surface area contributed by atoms with Crippen molar-refractivity contribution in [3.8, 4) is 0 Å². The van der Waals surface area contributed by atoms with E-state index in [0.717, 1.165) is 25.7 Å². The first-order valence-electron chi connectivity index (χ1n) is 5.68. The number of unbranched alkanes of at least 4 members (excludes halogenated alkanes) is 1. The van der Waals surface area contributed by atoms with E-state index in [0.29, 0.717) is 5.92 Å². The lowest BCUT2D eigenvalue weighted by Gasteiger charge is -2.30. The maximum atomic E-state index is 10.0. The van der Waals surface area contributed by atoms with Crippen molar-refractivity contribution in [2.45, 2.75) is 64.0 Å². The summed E-state index contributed by atoms with van der Waals surface area (Å²) in [6, 6.07) is 0. The lowest BCUT2D eigenvalue weighted by molar-refractivity contribution is -0.0230. The van der Waals surface area contributed by atoms with Crippen LogP contribution in [0.3, 0.4) is 0 Å². The van der Waals surface area contributed by atoms with E-state index in [9.17, 15) is 5.11 Å². The first kappa shape index (κ1) is 11.0. The van der Waals surface area contributed by atoms with E-state index in [1.54, 1.807) is 0 Å². The Morgan fingerprint density at radius 3 is 2.85 bits per heavy atom. The normalized spacial score (nSPS) is 35.8. The fourth-order valence-electron chi connectivity index (χ4n) is 2.27. The van der Waals surface area contributed by atoms with Crippen LogP contribution in [0, 0.1) is 5.92 Å². The number of aliphatic hydroxyl groups is 1. The molecule has 0 spiro atoms. The van der Waals surface area contributed by atoms with Gasteiger partial charge in [-0.2, -0.15) is 0 Å². The van der Waals surface area contributed by atoms with Crippen molar-refractivity contribution in [2.75, 3.05) is 0 Å². The van der Waals surface area contributed by atoms with Gasteiger partial charge < -0.3 is 10.8 Å². The molecule has 2 heteroatoms. The van der Waals surface area contributed by atoms with Crippen LogP contribution in [0.1, 0.15) is 58.3 Å². The van der Waals surface area contributed by atoms with E-state index in [4.69, 9.17) is 5.73 Å². The average Bonchev–Trinajstić information content (AvgIpc) is 2.23. The summed E-state index contributed by atoms with van der Waals surface area (Å²) >= 11 is 0. The quantitative estimate of drug-likeness (QED) is 0.524. The monoisotopic (exact) mass is 185 g/mol. The summed E-state index contributed by atoms with van der Waals surface area (Å²) in [5, 5.41) is 10.0. The van der Waals surface area contributed by atoms with E-state index in [-0.39, 0.29) is 0 Å². The number of rotatable bonds is 3. The third kappa shape index (κ3) is 3.28. The van der Waals surface area contributed by atoms with E-state index in [1.165, 1.54) is 25.7 Å². The van der Waals surface area contributed by atoms with Crippen LogP contribution in [0.25, 0.3) is 0 Å². The van der Waals surface area contributed by atoms with Gasteiger partial charge >= 0.3 is 0 Å². The minimum atomic E-state index is -0.869. The molecule has 2 nitrogen and oxygen atoms in total. The van der Waals surface area contributed by atoms with Crippen molar-refractivity contribution in [1.82, 2.24) is 0 Å². The van der Waals surface area contributed by atoms with Crippen LogP contribution in [-0.4, -0.2) is 10.8 Å². The number of hydrogen-bond donors (Lipinski definition) is 2. The molecule has 2 atom stereocenters. The summed E-state index contributed by atoms with van der Waals surface area (Å²) in [6.07, 6.45) is 8.99. The lowest BCUT2D eigenvalue weighted by atomic mass is 9.87. The fraction of sp³-hybridized carbons (Fsp3) is 1.00. The molecule has 1 aliphatic carbocycles. The molecule has 0 bridgehead atoms. The molecule has 0 heterocycles. The Hall–Kier alpha value is -0.0800. The highest BCUT2D eigenvalue weighted by Gasteiger charge is 2.32. The van der Waals surface area contributed by atoms with Gasteiger partial charge in [0, 0.05) is 5.92 Å². The van der Waals surface area contributed by atoms with Crippen LogP contribution in [0.5, 0.6) is 0 Å². The Morgan fingerprint density at radius 2 is 2.15 bits per heavy atom. The summed E-state index contributed by atoms with van der Waals surface area (Å²) in [5.41, 5.74) is 5.05. The molecule has 0 radical (unpaired) electrons. The van der Waals surface area contributed by atoms with Crippen LogP contribution >= 0.6 is 0 Å². The predicted octanol–water partition coefficient (Wildman–Crippen LogP) is 2.40. The molecule has 1 fully saturated rings. The second-order valence-corrected chi connectivity index (χ2v) is 4.43. The van der Waals surface area contributed by atoms with Gasteiger partial charge in [-0.1, -0.05) is 32.6 Å². The minimum absolute atomic E-state index is 0.343. The molecular weight excluding hydrogens is 162 g/mol. The van der Waals surface area contributed by atoms with Crippen molar-refractivity contribution in [3.63, 3.8) is 0 Å². The zero-order chi connectivity index (χ0) is 9.73. The molecule has 13 heavy (non-hydrogen) atoms. The molecule has 0 amide bonds. The second kappa shape index (κ2) is 4.97. The SMILES string of the molecule is CCCCC1CCCCCC1(N)O. The maximum absolute atomic E-state index is 10.0. The Morgan fingerprint density at radius 1 is 1.38 bits per heavy atom.